The Balaban J connectivity index is 3.04. The van der Waals surface area contributed by atoms with Crippen LogP contribution in [0.2, 0.25) is 0 Å². The monoisotopic (exact) mass is 261 g/mol. The number of carboxylic acids is 1. The van der Waals surface area contributed by atoms with E-state index < -0.39 is 11.9 Å². The summed E-state index contributed by atoms with van der Waals surface area (Å²) in [6, 6.07) is 0. The Morgan fingerprint density at radius 3 is 2.71 bits per heavy atom. The summed E-state index contributed by atoms with van der Waals surface area (Å²) in [4.78, 5) is 11.0. The van der Waals surface area contributed by atoms with Crippen molar-refractivity contribution in [3.8, 4) is 0 Å². The van der Waals surface area contributed by atoms with Crippen LogP contribution in [0.1, 0.15) is 31.4 Å². The van der Waals surface area contributed by atoms with Crippen LogP contribution in [-0.4, -0.2) is 26.1 Å². The molecule has 0 saturated heterocycles. The molecule has 0 aromatic carbocycles. The first kappa shape index (κ1) is 11.2. The van der Waals surface area contributed by atoms with Gasteiger partial charge in [0.15, 0.2) is 4.60 Å². The molecule has 1 aromatic heterocycles. The summed E-state index contributed by atoms with van der Waals surface area (Å²) in [5.41, 5.74) is 0.624. The van der Waals surface area contributed by atoms with Crippen LogP contribution < -0.4 is 0 Å². The van der Waals surface area contributed by atoms with Crippen molar-refractivity contribution in [2.45, 2.75) is 25.7 Å². The molecule has 78 valence electrons. The predicted octanol–water partition coefficient (Wildman–Crippen LogP) is 1.55. The smallest absolute Gasteiger partial charge is 0.312 e. The van der Waals surface area contributed by atoms with Crippen LogP contribution in [-0.2, 0) is 11.8 Å². The Bertz CT molecular complexity index is 318. The molecule has 5 nitrogen and oxygen atoms in total. The van der Waals surface area contributed by atoms with Crippen molar-refractivity contribution in [2.75, 3.05) is 0 Å². The minimum Gasteiger partial charge on any atom is -0.481 e. The second-order valence-electron chi connectivity index (χ2n) is 3.07. The molecule has 1 atom stereocenters. The van der Waals surface area contributed by atoms with Crippen molar-refractivity contribution in [2.24, 2.45) is 7.05 Å². The van der Waals surface area contributed by atoms with Gasteiger partial charge in [0.1, 0.15) is 5.92 Å². The highest BCUT2D eigenvalue weighted by atomic mass is 79.9. The number of halogens is 1. The Kier molecular flexibility index (Phi) is 3.62. The molecule has 6 heteroatoms. The number of hydrogen-bond donors (Lipinski definition) is 1. The molecular weight excluding hydrogens is 250 g/mol. The summed E-state index contributed by atoms with van der Waals surface area (Å²) in [5.74, 6) is -1.37. The maximum absolute atomic E-state index is 11.0. The zero-order chi connectivity index (χ0) is 10.7. The van der Waals surface area contributed by atoms with Crippen LogP contribution in [0.5, 0.6) is 0 Å². The topological polar surface area (TPSA) is 68.0 Å². The quantitative estimate of drug-likeness (QED) is 0.893. The first-order valence-corrected chi connectivity index (χ1v) is 5.15. The fraction of sp³-hybridized carbons (Fsp3) is 0.625. The minimum absolute atomic E-state index is 0.515. The van der Waals surface area contributed by atoms with Gasteiger partial charge in [-0.25, -0.2) is 0 Å². The van der Waals surface area contributed by atoms with Gasteiger partial charge in [0.05, 0.1) is 5.69 Å². The maximum Gasteiger partial charge on any atom is 0.312 e. The SMILES string of the molecule is CCCC(C(=O)O)c1c(Br)nnn1C. The van der Waals surface area contributed by atoms with E-state index in [1.54, 1.807) is 7.05 Å². The first-order chi connectivity index (χ1) is 6.57. The lowest BCUT2D eigenvalue weighted by atomic mass is 10.0. The third-order valence-corrected chi connectivity index (χ3v) is 2.60. The number of rotatable bonds is 4. The van der Waals surface area contributed by atoms with Gasteiger partial charge < -0.3 is 5.11 Å². The Morgan fingerprint density at radius 1 is 1.71 bits per heavy atom. The standard InChI is InChI=1S/C8H12BrN3O2/c1-3-4-5(8(13)14)6-7(9)10-11-12(6)2/h5H,3-4H2,1-2H3,(H,13,14). The number of aryl methyl sites for hydroxylation is 1. The molecule has 0 spiro atoms. The molecule has 0 aliphatic carbocycles. The normalized spacial score (nSPS) is 12.8. The van der Waals surface area contributed by atoms with Gasteiger partial charge in [-0.3, -0.25) is 9.48 Å². The minimum atomic E-state index is -0.835. The average molecular weight is 262 g/mol. The van der Waals surface area contributed by atoms with Crippen LogP contribution in [0, 0.1) is 0 Å². The molecule has 0 fully saturated rings. The van der Waals surface area contributed by atoms with E-state index in [1.165, 1.54) is 4.68 Å². The van der Waals surface area contributed by atoms with E-state index in [4.69, 9.17) is 5.11 Å². The fourth-order valence-corrected chi connectivity index (χ4v) is 1.98. The maximum atomic E-state index is 11.0. The molecule has 14 heavy (non-hydrogen) atoms. The number of carboxylic acid groups (broad SMARTS) is 1. The second kappa shape index (κ2) is 4.54. The molecule has 0 aliphatic heterocycles. The highest BCUT2D eigenvalue weighted by Crippen LogP contribution is 2.26. The molecule has 0 aliphatic rings. The molecule has 0 saturated carbocycles. The predicted molar refractivity (Wildman–Crippen MR) is 54.0 cm³/mol. The lowest BCUT2D eigenvalue weighted by molar-refractivity contribution is -0.139. The number of nitrogens with zero attached hydrogens (tertiary/aromatic N) is 3. The largest absolute Gasteiger partial charge is 0.481 e. The van der Waals surface area contributed by atoms with E-state index in [0.29, 0.717) is 16.7 Å². The molecule has 1 N–H and O–H groups in total. The van der Waals surface area contributed by atoms with Gasteiger partial charge in [-0.1, -0.05) is 18.6 Å². The van der Waals surface area contributed by atoms with Crippen molar-refractivity contribution in [1.29, 1.82) is 0 Å². The molecule has 1 heterocycles. The van der Waals surface area contributed by atoms with Crippen molar-refractivity contribution in [3.05, 3.63) is 10.3 Å². The van der Waals surface area contributed by atoms with Crippen LogP contribution >= 0.6 is 15.9 Å². The summed E-state index contributed by atoms with van der Waals surface area (Å²) >= 11 is 3.20. The van der Waals surface area contributed by atoms with E-state index >= 15 is 0 Å². The van der Waals surface area contributed by atoms with Crippen molar-refractivity contribution < 1.29 is 9.90 Å². The fourth-order valence-electron chi connectivity index (χ4n) is 1.37. The van der Waals surface area contributed by atoms with Crippen LogP contribution in [0.4, 0.5) is 0 Å². The van der Waals surface area contributed by atoms with Gasteiger partial charge in [-0.05, 0) is 22.4 Å². The van der Waals surface area contributed by atoms with E-state index in [9.17, 15) is 4.79 Å². The van der Waals surface area contributed by atoms with Crippen LogP contribution in [0.15, 0.2) is 4.60 Å². The Hall–Kier alpha value is -0.910. The van der Waals surface area contributed by atoms with Crippen LogP contribution in [0.3, 0.4) is 0 Å². The van der Waals surface area contributed by atoms with Gasteiger partial charge in [-0.15, -0.1) is 5.10 Å². The molecule has 1 aromatic rings. The highest BCUT2D eigenvalue weighted by Gasteiger charge is 2.25. The summed E-state index contributed by atoms with van der Waals surface area (Å²) in [6.45, 7) is 1.95. The highest BCUT2D eigenvalue weighted by molar-refractivity contribution is 9.10. The Labute approximate surface area is 90.2 Å². The van der Waals surface area contributed by atoms with Gasteiger partial charge in [0.2, 0.25) is 0 Å². The van der Waals surface area contributed by atoms with Crippen molar-refractivity contribution in [1.82, 2.24) is 15.0 Å². The second-order valence-corrected chi connectivity index (χ2v) is 3.82. The summed E-state index contributed by atoms with van der Waals surface area (Å²) < 4.78 is 2.01. The molecular formula is C8H12BrN3O2. The van der Waals surface area contributed by atoms with Crippen molar-refractivity contribution in [3.63, 3.8) is 0 Å². The van der Waals surface area contributed by atoms with E-state index in [0.717, 1.165) is 6.42 Å². The van der Waals surface area contributed by atoms with Crippen LogP contribution in [0.25, 0.3) is 0 Å². The molecule has 1 rings (SSSR count). The first-order valence-electron chi connectivity index (χ1n) is 4.35. The molecule has 0 amide bonds. The van der Waals surface area contributed by atoms with E-state index in [2.05, 4.69) is 26.2 Å². The molecule has 0 bridgehead atoms. The Morgan fingerprint density at radius 2 is 2.36 bits per heavy atom. The number of aliphatic carboxylic acids is 1. The zero-order valence-corrected chi connectivity index (χ0v) is 9.65. The van der Waals surface area contributed by atoms with Crippen molar-refractivity contribution >= 4 is 21.9 Å². The van der Waals surface area contributed by atoms with Gasteiger partial charge in [0.25, 0.3) is 0 Å². The summed E-state index contributed by atoms with van der Waals surface area (Å²) in [6.07, 6.45) is 1.41. The molecule has 1 unspecified atom stereocenters. The third-order valence-electron chi connectivity index (χ3n) is 2.03. The van der Waals surface area contributed by atoms with E-state index in [-0.39, 0.29) is 0 Å². The number of carbonyl (C=O) groups is 1. The van der Waals surface area contributed by atoms with Gasteiger partial charge >= 0.3 is 5.97 Å². The summed E-state index contributed by atoms with van der Waals surface area (Å²) in [7, 11) is 1.69. The summed E-state index contributed by atoms with van der Waals surface area (Å²) in [5, 5.41) is 16.6. The lowest BCUT2D eigenvalue weighted by Gasteiger charge is -2.10. The van der Waals surface area contributed by atoms with Gasteiger partial charge in [0, 0.05) is 7.05 Å². The lowest BCUT2D eigenvalue weighted by Crippen LogP contribution is -2.15. The number of aromatic nitrogens is 3. The number of hydrogen-bond acceptors (Lipinski definition) is 3. The molecule has 0 radical (unpaired) electrons. The third kappa shape index (κ3) is 2.12. The van der Waals surface area contributed by atoms with Gasteiger partial charge in [-0.2, -0.15) is 0 Å². The zero-order valence-electron chi connectivity index (χ0n) is 8.07. The van der Waals surface area contributed by atoms with E-state index in [1.807, 2.05) is 6.92 Å². The average Bonchev–Trinajstić information content (AvgIpc) is 2.43.